The summed E-state index contributed by atoms with van der Waals surface area (Å²) < 4.78 is 1.71. The number of aromatic carboxylic acids is 1. The molecule has 0 aliphatic heterocycles. The summed E-state index contributed by atoms with van der Waals surface area (Å²) in [6.07, 6.45) is 3.31. The number of carbonyl (C=O) groups excluding carboxylic acids is 1. The van der Waals surface area contributed by atoms with Crippen molar-refractivity contribution in [3.63, 3.8) is 0 Å². The van der Waals surface area contributed by atoms with Gasteiger partial charge >= 0.3 is 12.0 Å². The Bertz CT molecular complexity index is 634. The molecule has 0 aliphatic rings. The predicted molar refractivity (Wildman–Crippen MR) is 77.2 cm³/mol. The first-order valence-electron chi connectivity index (χ1n) is 6.48. The Morgan fingerprint density at radius 2 is 2.00 bits per heavy atom. The lowest BCUT2D eigenvalue weighted by atomic mass is 10.1. The number of hydrogen-bond acceptors (Lipinski definition) is 3. The number of nitrogens with zero attached hydrogens (tertiary/aromatic N) is 2. The van der Waals surface area contributed by atoms with Crippen LogP contribution in [0.4, 0.5) is 10.5 Å². The summed E-state index contributed by atoms with van der Waals surface area (Å²) in [5.41, 5.74) is 1.66. The summed E-state index contributed by atoms with van der Waals surface area (Å²) in [6, 6.07) is 6.00. The van der Waals surface area contributed by atoms with Crippen molar-refractivity contribution in [3.05, 3.63) is 47.8 Å². The second kappa shape index (κ2) is 6.56. The van der Waals surface area contributed by atoms with Gasteiger partial charge < -0.3 is 15.7 Å². The first-order valence-corrected chi connectivity index (χ1v) is 6.48. The van der Waals surface area contributed by atoms with Crippen molar-refractivity contribution in [1.82, 2.24) is 15.1 Å². The average Bonchev–Trinajstić information content (AvgIpc) is 2.93. The zero-order chi connectivity index (χ0) is 15.2. The maximum absolute atomic E-state index is 11.7. The third-order valence-electron chi connectivity index (χ3n) is 2.87. The van der Waals surface area contributed by atoms with Gasteiger partial charge in [0.1, 0.15) is 0 Å². The van der Waals surface area contributed by atoms with Gasteiger partial charge in [-0.2, -0.15) is 5.10 Å². The van der Waals surface area contributed by atoms with Crippen LogP contribution in [0.25, 0.3) is 0 Å². The lowest BCUT2D eigenvalue weighted by Crippen LogP contribution is -2.28. The molecule has 7 heteroatoms. The van der Waals surface area contributed by atoms with E-state index in [1.165, 1.54) is 12.1 Å². The fourth-order valence-electron chi connectivity index (χ4n) is 1.72. The molecule has 7 nitrogen and oxygen atoms in total. The zero-order valence-electron chi connectivity index (χ0n) is 11.5. The summed E-state index contributed by atoms with van der Waals surface area (Å²) >= 11 is 0. The monoisotopic (exact) mass is 288 g/mol. The van der Waals surface area contributed by atoms with Crippen molar-refractivity contribution in [2.75, 3.05) is 5.32 Å². The molecule has 110 valence electrons. The van der Waals surface area contributed by atoms with Gasteiger partial charge in [0.25, 0.3) is 0 Å². The van der Waals surface area contributed by atoms with Crippen LogP contribution >= 0.6 is 0 Å². The van der Waals surface area contributed by atoms with Gasteiger partial charge in [0.2, 0.25) is 0 Å². The number of anilines is 1. The van der Waals surface area contributed by atoms with Crippen LogP contribution < -0.4 is 10.6 Å². The smallest absolute Gasteiger partial charge is 0.335 e. The highest BCUT2D eigenvalue weighted by atomic mass is 16.4. The second-order valence-electron chi connectivity index (χ2n) is 4.39. The molecule has 1 aromatic carbocycles. The van der Waals surface area contributed by atoms with Crippen molar-refractivity contribution in [2.24, 2.45) is 0 Å². The number of carboxylic acid groups (broad SMARTS) is 1. The van der Waals surface area contributed by atoms with Crippen molar-refractivity contribution in [3.8, 4) is 0 Å². The van der Waals surface area contributed by atoms with Crippen LogP contribution in [-0.4, -0.2) is 26.9 Å². The SMILES string of the molecule is CCn1cc(NC(=O)NCc2ccc(C(=O)O)cc2)cn1. The van der Waals surface area contributed by atoms with Gasteiger partial charge in [0.15, 0.2) is 0 Å². The molecule has 0 radical (unpaired) electrons. The lowest BCUT2D eigenvalue weighted by molar-refractivity contribution is 0.0697. The largest absolute Gasteiger partial charge is 0.478 e. The number of hydrogen-bond donors (Lipinski definition) is 3. The zero-order valence-corrected chi connectivity index (χ0v) is 11.5. The van der Waals surface area contributed by atoms with Crippen molar-refractivity contribution in [2.45, 2.75) is 20.0 Å². The molecule has 0 bridgehead atoms. The Morgan fingerprint density at radius 3 is 2.57 bits per heavy atom. The molecule has 1 aromatic heterocycles. The van der Waals surface area contributed by atoms with Crippen molar-refractivity contribution >= 4 is 17.7 Å². The van der Waals surface area contributed by atoms with Crippen LogP contribution in [0.5, 0.6) is 0 Å². The van der Waals surface area contributed by atoms with Crippen LogP contribution in [-0.2, 0) is 13.1 Å². The minimum atomic E-state index is -0.972. The van der Waals surface area contributed by atoms with E-state index in [1.807, 2.05) is 6.92 Å². The highest BCUT2D eigenvalue weighted by Gasteiger charge is 2.05. The molecule has 0 fully saturated rings. The number of aromatic nitrogens is 2. The maximum atomic E-state index is 11.7. The van der Waals surface area contributed by atoms with Gasteiger partial charge in [0.05, 0.1) is 17.4 Å². The number of carbonyl (C=O) groups is 2. The van der Waals surface area contributed by atoms with Crippen molar-refractivity contribution < 1.29 is 14.7 Å². The molecule has 2 aromatic rings. The molecule has 0 saturated carbocycles. The van der Waals surface area contributed by atoms with E-state index in [9.17, 15) is 9.59 Å². The number of rotatable bonds is 5. The summed E-state index contributed by atoms with van der Waals surface area (Å²) in [6.45, 7) is 3.00. The highest BCUT2D eigenvalue weighted by molar-refractivity contribution is 5.89. The van der Waals surface area contributed by atoms with E-state index in [4.69, 9.17) is 5.11 Å². The molecule has 0 unspecified atom stereocenters. The van der Waals surface area contributed by atoms with Crippen LogP contribution in [0.1, 0.15) is 22.8 Å². The van der Waals surface area contributed by atoms with E-state index >= 15 is 0 Å². The third-order valence-corrected chi connectivity index (χ3v) is 2.87. The van der Waals surface area contributed by atoms with Crippen LogP contribution in [0.2, 0.25) is 0 Å². The molecule has 3 N–H and O–H groups in total. The molecule has 2 rings (SSSR count). The Balaban J connectivity index is 1.84. The first kappa shape index (κ1) is 14.6. The molecular formula is C14H16N4O3. The van der Waals surface area contributed by atoms with Crippen LogP contribution in [0, 0.1) is 0 Å². The fraction of sp³-hybridized carbons (Fsp3) is 0.214. The number of aryl methyl sites for hydroxylation is 1. The number of amides is 2. The average molecular weight is 288 g/mol. The second-order valence-corrected chi connectivity index (χ2v) is 4.39. The molecular weight excluding hydrogens is 272 g/mol. The number of carboxylic acids is 1. The standard InChI is InChI=1S/C14H16N4O3/c1-2-18-9-12(8-16-18)17-14(21)15-7-10-3-5-11(6-4-10)13(19)20/h3-6,8-9H,2,7H2,1H3,(H,19,20)(H2,15,17,21). The molecule has 0 saturated heterocycles. The topological polar surface area (TPSA) is 96.2 Å². The molecule has 1 heterocycles. The molecule has 0 atom stereocenters. The molecule has 21 heavy (non-hydrogen) atoms. The first-order chi connectivity index (χ1) is 10.1. The quantitative estimate of drug-likeness (QED) is 0.783. The van der Waals surface area contributed by atoms with E-state index in [0.717, 1.165) is 12.1 Å². The van der Waals surface area contributed by atoms with Gasteiger partial charge in [-0.1, -0.05) is 12.1 Å². The Labute approximate surface area is 121 Å². The summed E-state index contributed by atoms with van der Waals surface area (Å²) in [4.78, 5) is 22.4. The summed E-state index contributed by atoms with van der Waals surface area (Å²) in [5, 5.41) is 18.2. The van der Waals surface area contributed by atoms with E-state index in [-0.39, 0.29) is 11.6 Å². The van der Waals surface area contributed by atoms with Gasteiger partial charge in [-0.15, -0.1) is 0 Å². The van der Waals surface area contributed by atoms with Crippen LogP contribution in [0.15, 0.2) is 36.7 Å². The lowest BCUT2D eigenvalue weighted by Gasteiger charge is -2.06. The number of nitrogens with one attached hydrogen (secondary N) is 2. The van der Waals surface area contributed by atoms with Gasteiger partial charge in [0, 0.05) is 19.3 Å². The molecule has 0 aliphatic carbocycles. The highest BCUT2D eigenvalue weighted by Crippen LogP contribution is 2.06. The number of benzene rings is 1. The Morgan fingerprint density at radius 1 is 1.29 bits per heavy atom. The van der Waals surface area contributed by atoms with E-state index < -0.39 is 5.97 Å². The minimum absolute atomic E-state index is 0.218. The maximum Gasteiger partial charge on any atom is 0.335 e. The van der Waals surface area contributed by atoms with E-state index in [1.54, 1.807) is 29.2 Å². The Kier molecular flexibility index (Phi) is 4.55. The molecule has 2 amide bonds. The normalized spacial score (nSPS) is 10.1. The van der Waals surface area contributed by atoms with Gasteiger partial charge in [-0.25, -0.2) is 9.59 Å². The Hall–Kier alpha value is -2.83. The van der Waals surface area contributed by atoms with Crippen molar-refractivity contribution in [1.29, 1.82) is 0 Å². The fourth-order valence-corrected chi connectivity index (χ4v) is 1.72. The summed E-state index contributed by atoms with van der Waals surface area (Å²) in [5.74, 6) is -0.972. The third kappa shape index (κ3) is 4.07. The summed E-state index contributed by atoms with van der Waals surface area (Å²) in [7, 11) is 0. The predicted octanol–water partition coefficient (Wildman–Crippen LogP) is 1.92. The van der Waals surface area contributed by atoms with Gasteiger partial charge in [-0.3, -0.25) is 4.68 Å². The van der Waals surface area contributed by atoms with Gasteiger partial charge in [-0.05, 0) is 24.6 Å². The molecule has 0 spiro atoms. The number of urea groups is 1. The van der Waals surface area contributed by atoms with E-state index in [2.05, 4.69) is 15.7 Å². The van der Waals surface area contributed by atoms with E-state index in [0.29, 0.717) is 12.2 Å². The van der Waals surface area contributed by atoms with Crippen LogP contribution in [0.3, 0.4) is 0 Å². The minimum Gasteiger partial charge on any atom is -0.478 e.